The Kier molecular flexibility index (Phi) is 11.5. The molecule has 0 aliphatic rings. The Bertz CT molecular complexity index is 1150. The minimum atomic E-state index is -3.84. The number of nitrogens with zero attached hydrogens (tertiary/aromatic N) is 2. The average Bonchev–Trinajstić information content (AvgIpc) is 2.82. The van der Waals surface area contributed by atoms with Crippen LogP contribution in [0.4, 0.5) is 5.69 Å². The van der Waals surface area contributed by atoms with Crippen LogP contribution in [0.1, 0.15) is 39.7 Å². The molecule has 2 aromatic rings. The molecule has 204 valence electrons. The van der Waals surface area contributed by atoms with Crippen molar-refractivity contribution in [2.75, 3.05) is 30.3 Å². The van der Waals surface area contributed by atoms with Crippen LogP contribution >= 0.6 is 23.2 Å². The lowest BCUT2D eigenvalue weighted by Crippen LogP contribution is -2.52. The third-order valence-corrected chi connectivity index (χ3v) is 7.42. The SMILES string of the molecule is CCOc1ccc(N(CC(=O)N(Cc2c(Cl)cccc2Cl)[C@H](CC)C(=O)NCC(C)C)S(C)(=O)=O)cc1. The first-order valence-corrected chi connectivity index (χ1v) is 14.7. The smallest absolute Gasteiger partial charge is 0.244 e. The normalized spacial score (nSPS) is 12.2. The van der Waals surface area contributed by atoms with E-state index in [1.54, 1.807) is 49.4 Å². The summed E-state index contributed by atoms with van der Waals surface area (Å²) >= 11 is 12.8. The Labute approximate surface area is 229 Å². The molecule has 2 amide bonds. The van der Waals surface area contributed by atoms with Crippen molar-refractivity contribution in [2.24, 2.45) is 5.92 Å². The summed E-state index contributed by atoms with van der Waals surface area (Å²) < 4.78 is 31.9. The lowest BCUT2D eigenvalue weighted by atomic mass is 10.1. The summed E-state index contributed by atoms with van der Waals surface area (Å²) in [4.78, 5) is 28.2. The van der Waals surface area contributed by atoms with Gasteiger partial charge in [0.15, 0.2) is 0 Å². The van der Waals surface area contributed by atoms with Gasteiger partial charge in [0.1, 0.15) is 18.3 Å². The highest BCUT2D eigenvalue weighted by Gasteiger charge is 2.32. The number of ether oxygens (including phenoxy) is 1. The van der Waals surface area contributed by atoms with Crippen LogP contribution < -0.4 is 14.4 Å². The van der Waals surface area contributed by atoms with Crippen LogP contribution in [0.15, 0.2) is 42.5 Å². The van der Waals surface area contributed by atoms with E-state index in [0.717, 1.165) is 10.6 Å². The van der Waals surface area contributed by atoms with E-state index in [2.05, 4.69) is 5.32 Å². The molecular weight excluding hydrogens is 537 g/mol. The topological polar surface area (TPSA) is 96.0 Å². The van der Waals surface area contributed by atoms with Gasteiger partial charge in [0.25, 0.3) is 0 Å². The zero-order valence-electron chi connectivity index (χ0n) is 21.8. The van der Waals surface area contributed by atoms with Crippen molar-refractivity contribution < 1.29 is 22.7 Å². The maximum atomic E-state index is 13.7. The highest BCUT2D eigenvalue weighted by atomic mass is 35.5. The molecule has 0 aromatic heterocycles. The van der Waals surface area contributed by atoms with E-state index in [4.69, 9.17) is 27.9 Å². The quantitative estimate of drug-likeness (QED) is 0.374. The highest BCUT2D eigenvalue weighted by Crippen LogP contribution is 2.28. The molecule has 2 rings (SSSR count). The predicted molar refractivity (Wildman–Crippen MR) is 149 cm³/mol. The van der Waals surface area contributed by atoms with Crippen molar-refractivity contribution in [2.45, 2.75) is 46.7 Å². The second-order valence-electron chi connectivity index (χ2n) is 8.98. The molecule has 0 spiro atoms. The van der Waals surface area contributed by atoms with Crippen molar-refractivity contribution in [1.82, 2.24) is 10.2 Å². The molecule has 1 N–H and O–H groups in total. The number of nitrogens with one attached hydrogen (secondary N) is 1. The number of halogens is 2. The van der Waals surface area contributed by atoms with Crippen molar-refractivity contribution >= 4 is 50.7 Å². The maximum absolute atomic E-state index is 13.7. The van der Waals surface area contributed by atoms with Gasteiger partial charge < -0.3 is 15.0 Å². The van der Waals surface area contributed by atoms with Gasteiger partial charge in [-0.15, -0.1) is 0 Å². The first kappa shape index (κ1) is 30.7. The number of anilines is 1. The number of benzene rings is 2. The third kappa shape index (κ3) is 8.79. The molecule has 0 saturated carbocycles. The fourth-order valence-electron chi connectivity index (χ4n) is 3.68. The number of sulfonamides is 1. The number of hydrogen-bond acceptors (Lipinski definition) is 5. The van der Waals surface area contributed by atoms with Crippen LogP contribution in [0.5, 0.6) is 5.75 Å². The number of carbonyl (C=O) groups excluding carboxylic acids is 2. The fourth-order valence-corrected chi connectivity index (χ4v) is 5.05. The Morgan fingerprint density at radius 1 is 1.03 bits per heavy atom. The summed E-state index contributed by atoms with van der Waals surface area (Å²) in [5, 5.41) is 3.56. The standard InChI is InChI=1S/C26H35Cl2N3O5S/c1-6-24(26(33)29-15-18(3)4)30(16-21-22(27)9-8-10-23(21)28)25(32)17-31(37(5,34)35)19-11-13-20(14-12-19)36-7-2/h8-14,18,24H,6-7,15-17H2,1-5H3,(H,29,33)/t24-/m1/s1. The number of hydrogen-bond donors (Lipinski definition) is 1. The van der Waals surface area contributed by atoms with Gasteiger partial charge in [-0.1, -0.05) is 50.0 Å². The van der Waals surface area contributed by atoms with Gasteiger partial charge >= 0.3 is 0 Å². The molecule has 37 heavy (non-hydrogen) atoms. The summed E-state index contributed by atoms with van der Waals surface area (Å²) in [6, 6.07) is 10.5. The first-order valence-electron chi connectivity index (χ1n) is 12.1. The molecule has 0 aliphatic carbocycles. The summed E-state index contributed by atoms with van der Waals surface area (Å²) in [6.07, 6.45) is 1.33. The molecule has 0 unspecified atom stereocenters. The van der Waals surface area contributed by atoms with Crippen LogP contribution in [0, 0.1) is 5.92 Å². The number of rotatable bonds is 13. The lowest BCUT2D eigenvalue weighted by molar-refractivity contribution is -0.140. The van der Waals surface area contributed by atoms with Gasteiger partial charge in [-0.05, 0) is 55.7 Å². The van der Waals surface area contributed by atoms with Gasteiger partial charge in [0, 0.05) is 28.7 Å². The molecule has 11 heteroatoms. The largest absolute Gasteiger partial charge is 0.494 e. The zero-order chi connectivity index (χ0) is 27.8. The molecule has 0 bridgehead atoms. The van der Waals surface area contributed by atoms with Gasteiger partial charge in [-0.2, -0.15) is 0 Å². The predicted octanol–water partition coefficient (Wildman–Crippen LogP) is 4.74. The number of amides is 2. The van der Waals surface area contributed by atoms with E-state index in [9.17, 15) is 18.0 Å². The summed E-state index contributed by atoms with van der Waals surface area (Å²) in [7, 11) is -3.84. The molecule has 8 nitrogen and oxygen atoms in total. The van der Waals surface area contributed by atoms with Gasteiger partial charge in [0.05, 0.1) is 18.6 Å². The zero-order valence-corrected chi connectivity index (χ0v) is 24.2. The van der Waals surface area contributed by atoms with E-state index in [0.29, 0.717) is 46.6 Å². The lowest BCUT2D eigenvalue weighted by Gasteiger charge is -2.33. The molecular formula is C26H35Cl2N3O5S. The average molecular weight is 573 g/mol. The Balaban J connectivity index is 2.46. The molecule has 0 heterocycles. The van der Waals surface area contributed by atoms with Crippen molar-refractivity contribution in [3.8, 4) is 5.75 Å². The van der Waals surface area contributed by atoms with Crippen molar-refractivity contribution in [3.63, 3.8) is 0 Å². The van der Waals surface area contributed by atoms with E-state index >= 15 is 0 Å². The first-order chi connectivity index (χ1) is 17.4. The van der Waals surface area contributed by atoms with Crippen LogP contribution in [0.3, 0.4) is 0 Å². The monoisotopic (exact) mass is 571 g/mol. The molecule has 2 aromatic carbocycles. The molecule has 0 aliphatic heterocycles. The summed E-state index contributed by atoms with van der Waals surface area (Å²) in [6.45, 7) is 7.89. The Morgan fingerprint density at radius 2 is 1.62 bits per heavy atom. The Hall–Kier alpha value is -2.49. The Morgan fingerprint density at radius 3 is 2.11 bits per heavy atom. The van der Waals surface area contributed by atoms with Gasteiger partial charge in [-0.25, -0.2) is 8.42 Å². The van der Waals surface area contributed by atoms with Crippen LogP contribution in [-0.4, -0.2) is 57.1 Å². The van der Waals surface area contributed by atoms with Gasteiger partial charge in [-0.3, -0.25) is 13.9 Å². The van der Waals surface area contributed by atoms with Crippen LogP contribution in [0.2, 0.25) is 10.0 Å². The third-order valence-electron chi connectivity index (χ3n) is 5.58. The van der Waals surface area contributed by atoms with Crippen molar-refractivity contribution in [3.05, 3.63) is 58.1 Å². The fraction of sp³-hybridized carbons (Fsp3) is 0.462. The second-order valence-corrected chi connectivity index (χ2v) is 11.7. The maximum Gasteiger partial charge on any atom is 0.244 e. The minimum Gasteiger partial charge on any atom is -0.494 e. The molecule has 1 atom stereocenters. The minimum absolute atomic E-state index is 0.0637. The van der Waals surface area contributed by atoms with Gasteiger partial charge in [0.2, 0.25) is 21.8 Å². The summed E-state index contributed by atoms with van der Waals surface area (Å²) in [5.41, 5.74) is 0.772. The highest BCUT2D eigenvalue weighted by molar-refractivity contribution is 7.92. The summed E-state index contributed by atoms with van der Waals surface area (Å²) in [5.74, 6) is -0.112. The van der Waals surface area contributed by atoms with Crippen molar-refractivity contribution in [1.29, 1.82) is 0 Å². The second kappa shape index (κ2) is 13.9. The number of carbonyl (C=O) groups is 2. The molecule has 0 fully saturated rings. The molecule has 0 saturated heterocycles. The van der Waals surface area contributed by atoms with Crippen LogP contribution in [-0.2, 0) is 26.2 Å². The molecule has 0 radical (unpaired) electrons. The van der Waals surface area contributed by atoms with E-state index in [-0.39, 0.29) is 18.4 Å². The van der Waals surface area contributed by atoms with E-state index in [1.165, 1.54) is 4.90 Å². The van der Waals surface area contributed by atoms with Crippen LogP contribution in [0.25, 0.3) is 0 Å². The van der Waals surface area contributed by atoms with E-state index in [1.807, 2.05) is 20.8 Å². The van der Waals surface area contributed by atoms with E-state index < -0.39 is 28.5 Å².